The van der Waals surface area contributed by atoms with Gasteiger partial charge in [0.2, 0.25) is 0 Å². The Balaban J connectivity index is 1.62. The van der Waals surface area contributed by atoms with Crippen molar-refractivity contribution in [3.8, 4) is 5.75 Å². The fourth-order valence-electron chi connectivity index (χ4n) is 2.47. The Bertz CT molecular complexity index is 1020. The number of nitrogens with zero attached hydrogens (tertiary/aromatic N) is 2. The summed E-state index contributed by atoms with van der Waals surface area (Å²) >= 11 is 1.36. The lowest BCUT2D eigenvalue weighted by Crippen LogP contribution is -2.20. The number of esters is 1. The van der Waals surface area contributed by atoms with Crippen LogP contribution in [0.2, 0.25) is 0 Å². The Kier molecular flexibility index (Phi) is 6.39. The van der Waals surface area contributed by atoms with Crippen molar-refractivity contribution in [2.75, 3.05) is 13.7 Å². The second-order valence-electron chi connectivity index (χ2n) is 6.11. The molecule has 0 bridgehead atoms. The number of aromatic nitrogens is 1. The number of hydrogen-bond acceptors (Lipinski definition) is 5. The van der Waals surface area contributed by atoms with Crippen LogP contribution in [0.5, 0.6) is 5.75 Å². The van der Waals surface area contributed by atoms with Crippen molar-refractivity contribution < 1.29 is 19.1 Å². The molecule has 0 spiro atoms. The maximum atomic E-state index is 12.1. The van der Waals surface area contributed by atoms with Gasteiger partial charge in [-0.05, 0) is 36.8 Å². The molecule has 0 saturated heterocycles. The van der Waals surface area contributed by atoms with Crippen molar-refractivity contribution in [3.05, 3.63) is 81.6 Å². The molecule has 0 unspecified atom stereocenters. The molecule has 0 aliphatic carbocycles. The van der Waals surface area contributed by atoms with Crippen LogP contribution >= 0.6 is 11.3 Å². The fraction of sp³-hybridized carbons (Fsp3) is 0.190. The Morgan fingerprint density at radius 3 is 2.46 bits per heavy atom. The van der Waals surface area contributed by atoms with Gasteiger partial charge in [0.15, 0.2) is 11.4 Å². The van der Waals surface area contributed by atoms with Crippen LogP contribution in [-0.4, -0.2) is 30.2 Å². The smallest absolute Gasteiger partial charge is 0.338 e. The molecule has 28 heavy (non-hydrogen) atoms. The number of thiazole rings is 1. The summed E-state index contributed by atoms with van der Waals surface area (Å²) < 4.78 is 12.0. The Labute approximate surface area is 166 Å². The van der Waals surface area contributed by atoms with Crippen LogP contribution in [-0.2, 0) is 16.1 Å². The van der Waals surface area contributed by atoms with Gasteiger partial charge in [0.25, 0.3) is 5.91 Å². The number of amides is 1. The summed E-state index contributed by atoms with van der Waals surface area (Å²) in [4.78, 5) is 28.8. The maximum Gasteiger partial charge on any atom is 0.338 e. The van der Waals surface area contributed by atoms with Gasteiger partial charge in [-0.1, -0.05) is 29.8 Å². The van der Waals surface area contributed by atoms with Crippen LogP contribution in [0.1, 0.15) is 21.5 Å². The zero-order valence-corrected chi connectivity index (χ0v) is 16.4. The van der Waals surface area contributed by atoms with Gasteiger partial charge >= 0.3 is 5.97 Å². The quantitative estimate of drug-likeness (QED) is 0.600. The molecule has 3 aromatic rings. The molecule has 7 heteroatoms. The summed E-state index contributed by atoms with van der Waals surface area (Å²) in [5.74, 6) is -0.453. The molecule has 0 N–H and O–H groups in total. The van der Waals surface area contributed by atoms with E-state index in [-0.39, 0.29) is 0 Å². The van der Waals surface area contributed by atoms with Gasteiger partial charge in [-0.25, -0.2) is 4.79 Å². The van der Waals surface area contributed by atoms with Gasteiger partial charge in [0, 0.05) is 18.1 Å². The number of benzene rings is 2. The molecule has 0 radical (unpaired) electrons. The molecule has 0 aliphatic heterocycles. The SMILES string of the molecule is COc1ccc(C(=O)OCC(=O)N=c2sccn2Cc2ccc(C)cc2)cc1. The predicted molar refractivity (Wildman–Crippen MR) is 106 cm³/mol. The summed E-state index contributed by atoms with van der Waals surface area (Å²) in [5, 5.41) is 1.86. The molecule has 6 nitrogen and oxygen atoms in total. The average Bonchev–Trinajstić information content (AvgIpc) is 3.14. The molecule has 1 aromatic heterocycles. The molecule has 3 rings (SSSR count). The minimum Gasteiger partial charge on any atom is -0.497 e. The molecular weight excluding hydrogens is 376 g/mol. The lowest BCUT2D eigenvalue weighted by Gasteiger charge is -2.05. The van der Waals surface area contributed by atoms with E-state index in [0.29, 0.717) is 22.7 Å². The number of aryl methyl sites for hydroxylation is 1. The highest BCUT2D eigenvalue weighted by Gasteiger charge is 2.10. The van der Waals surface area contributed by atoms with Crippen molar-refractivity contribution in [1.82, 2.24) is 4.57 Å². The summed E-state index contributed by atoms with van der Waals surface area (Å²) in [6.45, 7) is 2.24. The topological polar surface area (TPSA) is 69.9 Å². The summed E-state index contributed by atoms with van der Waals surface area (Å²) in [5.41, 5.74) is 2.65. The van der Waals surface area contributed by atoms with Gasteiger partial charge in [0.1, 0.15) is 5.75 Å². The highest BCUT2D eigenvalue weighted by Crippen LogP contribution is 2.12. The molecule has 0 atom stereocenters. The first kappa shape index (κ1) is 19.6. The summed E-state index contributed by atoms with van der Waals surface area (Å²) in [6, 6.07) is 14.6. The number of hydrogen-bond donors (Lipinski definition) is 0. The van der Waals surface area contributed by atoms with Crippen molar-refractivity contribution >= 4 is 23.2 Å². The molecule has 144 valence electrons. The van der Waals surface area contributed by atoms with E-state index < -0.39 is 18.5 Å². The largest absolute Gasteiger partial charge is 0.497 e. The van der Waals surface area contributed by atoms with Crippen LogP contribution in [0, 0.1) is 6.92 Å². The van der Waals surface area contributed by atoms with Gasteiger partial charge in [0.05, 0.1) is 12.7 Å². The van der Waals surface area contributed by atoms with Gasteiger partial charge in [-0.2, -0.15) is 4.99 Å². The average molecular weight is 396 g/mol. The third kappa shape index (κ3) is 5.17. The van der Waals surface area contributed by atoms with E-state index in [0.717, 1.165) is 5.56 Å². The molecule has 1 heterocycles. The van der Waals surface area contributed by atoms with Crippen LogP contribution in [0.4, 0.5) is 0 Å². The summed E-state index contributed by atoms with van der Waals surface area (Å²) in [6.07, 6.45) is 1.88. The number of ether oxygens (including phenoxy) is 2. The zero-order valence-electron chi connectivity index (χ0n) is 15.6. The lowest BCUT2D eigenvalue weighted by atomic mass is 10.1. The van der Waals surface area contributed by atoms with Crippen LogP contribution in [0.25, 0.3) is 0 Å². The molecule has 0 saturated carbocycles. The van der Waals surface area contributed by atoms with E-state index in [1.54, 1.807) is 31.4 Å². The van der Waals surface area contributed by atoms with E-state index >= 15 is 0 Å². The minimum absolute atomic E-state index is 0.346. The number of rotatable bonds is 6. The maximum absolute atomic E-state index is 12.1. The molecular formula is C21H20N2O4S. The van der Waals surface area contributed by atoms with E-state index in [1.165, 1.54) is 16.9 Å². The normalized spacial score (nSPS) is 11.3. The van der Waals surface area contributed by atoms with Gasteiger partial charge in [-0.15, -0.1) is 11.3 Å². The fourth-order valence-corrected chi connectivity index (χ4v) is 3.22. The summed E-state index contributed by atoms with van der Waals surface area (Å²) in [7, 11) is 1.54. The van der Waals surface area contributed by atoms with Gasteiger partial charge < -0.3 is 14.0 Å². The molecule has 1 amide bonds. The number of carbonyl (C=O) groups excluding carboxylic acids is 2. The van der Waals surface area contributed by atoms with E-state index in [1.807, 2.05) is 47.3 Å². The predicted octanol–water partition coefficient (Wildman–Crippen LogP) is 3.20. The van der Waals surface area contributed by atoms with Gasteiger partial charge in [-0.3, -0.25) is 4.79 Å². The van der Waals surface area contributed by atoms with E-state index in [9.17, 15) is 9.59 Å². The lowest BCUT2D eigenvalue weighted by molar-refractivity contribution is -0.121. The zero-order chi connectivity index (χ0) is 19.9. The first-order valence-corrected chi connectivity index (χ1v) is 9.51. The highest BCUT2D eigenvalue weighted by atomic mass is 32.1. The number of carbonyl (C=O) groups is 2. The van der Waals surface area contributed by atoms with E-state index in [4.69, 9.17) is 9.47 Å². The first-order valence-electron chi connectivity index (χ1n) is 8.63. The Hall–Kier alpha value is -3.19. The second-order valence-corrected chi connectivity index (χ2v) is 6.98. The van der Waals surface area contributed by atoms with Crippen LogP contribution < -0.4 is 9.54 Å². The van der Waals surface area contributed by atoms with Crippen molar-refractivity contribution in [2.45, 2.75) is 13.5 Å². The van der Waals surface area contributed by atoms with Crippen molar-refractivity contribution in [3.63, 3.8) is 0 Å². The Morgan fingerprint density at radius 2 is 1.79 bits per heavy atom. The molecule has 2 aromatic carbocycles. The standard InChI is InChI=1S/C21H20N2O4S/c1-15-3-5-16(6-4-15)13-23-11-12-28-21(23)22-19(24)14-27-20(25)17-7-9-18(26-2)10-8-17/h3-12H,13-14H2,1-2H3. The monoisotopic (exact) mass is 396 g/mol. The van der Waals surface area contributed by atoms with Crippen LogP contribution in [0.15, 0.2) is 65.1 Å². The number of methoxy groups -OCH3 is 1. The molecule has 0 fully saturated rings. The van der Waals surface area contributed by atoms with E-state index in [2.05, 4.69) is 4.99 Å². The second kappa shape index (κ2) is 9.14. The van der Waals surface area contributed by atoms with Crippen molar-refractivity contribution in [1.29, 1.82) is 0 Å². The minimum atomic E-state index is -0.579. The highest BCUT2D eigenvalue weighted by molar-refractivity contribution is 7.07. The van der Waals surface area contributed by atoms with Crippen LogP contribution in [0.3, 0.4) is 0 Å². The van der Waals surface area contributed by atoms with Crippen molar-refractivity contribution in [2.24, 2.45) is 4.99 Å². The molecule has 0 aliphatic rings. The third-order valence-corrected chi connectivity index (χ3v) is 4.80. The third-order valence-electron chi connectivity index (χ3n) is 4.01. The first-order chi connectivity index (χ1) is 13.5. The Morgan fingerprint density at radius 1 is 1.07 bits per heavy atom.